The van der Waals surface area contributed by atoms with Crippen molar-refractivity contribution in [1.29, 1.82) is 0 Å². The number of Topliss-reactive ketones (excluding diaryl/α,β-unsaturated/α-hetero) is 1. The molecule has 21 heavy (non-hydrogen) atoms. The zero-order valence-electron chi connectivity index (χ0n) is 11.8. The lowest BCUT2D eigenvalue weighted by Crippen LogP contribution is -1.89. The van der Waals surface area contributed by atoms with Crippen LogP contribution < -0.4 is 4.74 Å². The highest BCUT2D eigenvalue weighted by atomic mass is 16.5. The molecule has 0 amide bonds. The summed E-state index contributed by atoms with van der Waals surface area (Å²) in [5.74, 6) is 2.26. The Labute approximate surface area is 122 Å². The molecule has 0 aliphatic rings. The van der Waals surface area contributed by atoms with Crippen LogP contribution in [0.1, 0.15) is 17.5 Å². The Morgan fingerprint density at radius 3 is 2.57 bits per heavy atom. The van der Waals surface area contributed by atoms with Crippen LogP contribution in [0, 0.1) is 0 Å². The van der Waals surface area contributed by atoms with Crippen molar-refractivity contribution in [2.24, 2.45) is 0 Å². The average Bonchev–Trinajstić information content (AvgIpc) is 3.18. The van der Waals surface area contributed by atoms with Crippen molar-refractivity contribution in [3.63, 3.8) is 0 Å². The first kappa shape index (κ1) is 13.2. The molecule has 3 aromatic rings. The lowest BCUT2D eigenvalue weighted by molar-refractivity contribution is 0.0988. The second kappa shape index (κ2) is 5.32. The molecule has 0 spiro atoms. The number of hydrogen-bond acceptors (Lipinski definition) is 4. The van der Waals surface area contributed by atoms with E-state index in [1.807, 2.05) is 30.3 Å². The molecule has 0 atom stereocenters. The molecule has 2 heterocycles. The molecule has 0 N–H and O–H groups in total. The van der Waals surface area contributed by atoms with Crippen LogP contribution in [0.25, 0.3) is 22.6 Å². The van der Waals surface area contributed by atoms with Crippen LogP contribution in [-0.2, 0) is 0 Å². The van der Waals surface area contributed by atoms with Crippen LogP contribution in [0.15, 0.2) is 57.6 Å². The molecular formula is C17H14O4. The van der Waals surface area contributed by atoms with Gasteiger partial charge in [0, 0.05) is 12.5 Å². The van der Waals surface area contributed by atoms with Crippen molar-refractivity contribution < 1.29 is 18.4 Å². The number of methoxy groups -OCH3 is 1. The second-order valence-corrected chi connectivity index (χ2v) is 4.61. The van der Waals surface area contributed by atoms with Gasteiger partial charge in [-0.25, -0.2) is 0 Å². The summed E-state index contributed by atoms with van der Waals surface area (Å²) in [5, 5.41) is 0. The minimum absolute atomic E-state index is 0.104. The second-order valence-electron chi connectivity index (χ2n) is 4.61. The van der Waals surface area contributed by atoms with Crippen LogP contribution in [0.5, 0.6) is 5.75 Å². The predicted molar refractivity (Wildman–Crippen MR) is 78.4 cm³/mol. The first-order valence-electron chi connectivity index (χ1n) is 6.52. The number of ether oxygens (including phenoxy) is 1. The third-order valence-corrected chi connectivity index (χ3v) is 3.23. The van der Waals surface area contributed by atoms with Gasteiger partial charge in [-0.05, 0) is 36.4 Å². The van der Waals surface area contributed by atoms with Gasteiger partial charge in [0.15, 0.2) is 11.5 Å². The van der Waals surface area contributed by atoms with E-state index in [1.54, 1.807) is 25.5 Å². The topological polar surface area (TPSA) is 52.6 Å². The van der Waals surface area contributed by atoms with Gasteiger partial charge in [0.2, 0.25) is 0 Å². The van der Waals surface area contributed by atoms with Gasteiger partial charge in [-0.2, -0.15) is 0 Å². The molecule has 0 radical (unpaired) electrons. The fraction of sp³-hybridized carbons (Fsp3) is 0.118. The lowest BCUT2D eigenvalue weighted by Gasteiger charge is -2.08. The normalized spacial score (nSPS) is 10.6. The maximum atomic E-state index is 11.3. The Morgan fingerprint density at radius 2 is 1.95 bits per heavy atom. The zero-order chi connectivity index (χ0) is 14.8. The predicted octanol–water partition coefficient (Wildman–Crippen LogP) is 4.42. The summed E-state index contributed by atoms with van der Waals surface area (Å²) in [4.78, 5) is 11.3. The molecule has 0 saturated heterocycles. The van der Waals surface area contributed by atoms with E-state index >= 15 is 0 Å². The van der Waals surface area contributed by atoms with E-state index in [0.717, 1.165) is 16.9 Å². The molecule has 0 fully saturated rings. The number of hydrogen-bond donors (Lipinski definition) is 0. The summed E-state index contributed by atoms with van der Waals surface area (Å²) in [5.41, 5.74) is 1.71. The first-order chi connectivity index (χ1) is 10.2. The molecule has 3 rings (SSSR count). The SMILES string of the molecule is COc1cc(-c2ccco2)ccc1-c1ccc(C(C)=O)o1. The molecule has 4 heteroatoms. The monoisotopic (exact) mass is 282 g/mol. The molecule has 2 aromatic heterocycles. The van der Waals surface area contributed by atoms with Crippen molar-refractivity contribution >= 4 is 5.78 Å². The van der Waals surface area contributed by atoms with E-state index < -0.39 is 0 Å². The maximum Gasteiger partial charge on any atom is 0.194 e. The summed E-state index contributed by atoms with van der Waals surface area (Å²) in [6.45, 7) is 1.47. The van der Waals surface area contributed by atoms with E-state index in [2.05, 4.69) is 0 Å². The first-order valence-corrected chi connectivity index (χ1v) is 6.52. The van der Waals surface area contributed by atoms with Crippen molar-refractivity contribution in [3.8, 4) is 28.4 Å². The highest BCUT2D eigenvalue weighted by Crippen LogP contribution is 2.35. The number of furan rings is 2. The van der Waals surface area contributed by atoms with Crippen molar-refractivity contribution in [2.75, 3.05) is 7.11 Å². The molecule has 0 aliphatic carbocycles. The van der Waals surface area contributed by atoms with Gasteiger partial charge in [0.25, 0.3) is 0 Å². The largest absolute Gasteiger partial charge is 0.496 e. The van der Waals surface area contributed by atoms with Crippen molar-refractivity contribution in [2.45, 2.75) is 6.92 Å². The molecule has 0 bridgehead atoms. The van der Waals surface area contributed by atoms with Crippen molar-refractivity contribution in [3.05, 3.63) is 54.5 Å². The standard InChI is InChI=1S/C17H14O4/c1-11(18)14-7-8-16(21-14)13-6-5-12(10-17(13)19-2)15-4-3-9-20-15/h3-10H,1-2H3. The Balaban J connectivity index is 2.04. The summed E-state index contributed by atoms with van der Waals surface area (Å²) in [6, 6.07) is 12.8. The molecule has 0 aliphatic heterocycles. The fourth-order valence-corrected chi connectivity index (χ4v) is 2.16. The number of rotatable bonds is 4. The summed E-state index contributed by atoms with van der Waals surface area (Å²) < 4.78 is 16.3. The number of carbonyl (C=O) groups is 1. The molecule has 106 valence electrons. The van der Waals surface area contributed by atoms with E-state index in [0.29, 0.717) is 17.3 Å². The number of ketones is 1. The lowest BCUT2D eigenvalue weighted by atomic mass is 10.1. The van der Waals surface area contributed by atoms with E-state index in [-0.39, 0.29) is 5.78 Å². The third-order valence-electron chi connectivity index (χ3n) is 3.23. The smallest absolute Gasteiger partial charge is 0.194 e. The van der Waals surface area contributed by atoms with E-state index in [4.69, 9.17) is 13.6 Å². The summed E-state index contributed by atoms with van der Waals surface area (Å²) in [7, 11) is 1.60. The van der Waals surface area contributed by atoms with Gasteiger partial charge in [-0.3, -0.25) is 4.79 Å². The van der Waals surface area contributed by atoms with Gasteiger partial charge in [-0.1, -0.05) is 6.07 Å². The van der Waals surface area contributed by atoms with Gasteiger partial charge in [0.05, 0.1) is 18.9 Å². The van der Waals surface area contributed by atoms with E-state index in [1.165, 1.54) is 6.92 Å². The highest BCUT2D eigenvalue weighted by molar-refractivity contribution is 5.92. The molecule has 0 unspecified atom stereocenters. The molecular weight excluding hydrogens is 268 g/mol. The Bertz CT molecular complexity index is 766. The Kier molecular flexibility index (Phi) is 3.36. The zero-order valence-corrected chi connectivity index (χ0v) is 11.8. The molecule has 1 aromatic carbocycles. The number of benzene rings is 1. The number of carbonyl (C=O) groups excluding carboxylic acids is 1. The Morgan fingerprint density at radius 1 is 1.10 bits per heavy atom. The minimum atomic E-state index is -0.104. The fourth-order valence-electron chi connectivity index (χ4n) is 2.16. The van der Waals surface area contributed by atoms with Crippen LogP contribution >= 0.6 is 0 Å². The van der Waals surface area contributed by atoms with Crippen molar-refractivity contribution in [1.82, 2.24) is 0 Å². The Hall–Kier alpha value is -2.75. The van der Waals surface area contributed by atoms with Crippen LogP contribution in [0.4, 0.5) is 0 Å². The van der Waals surface area contributed by atoms with Gasteiger partial charge >= 0.3 is 0 Å². The maximum absolute atomic E-state index is 11.3. The van der Waals surface area contributed by atoms with Gasteiger partial charge < -0.3 is 13.6 Å². The van der Waals surface area contributed by atoms with E-state index in [9.17, 15) is 4.79 Å². The molecule has 0 saturated carbocycles. The summed E-state index contributed by atoms with van der Waals surface area (Å²) >= 11 is 0. The minimum Gasteiger partial charge on any atom is -0.496 e. The summed E-state index contributed by atoms with van der Waals surface area (Å²) in [6.07, 6.45) is 1.63. The quantitative estimate of drug-likeness (QED) is 0.665. The van der Waals surface area contributed by atoms with Crippen LogP contribution in [0.3, 0.4) is 0 Å². The van der Waals surface area contributed by atoms with Crippen LogP contribution in [0.2, 0.25) is 0 Å². The average molecular weight is 282 g/mol. The van der Waals surface area contributed by atoms with Gasteiger partial charge in [0.1, 0.15) is 17.3 Å². The molecule has 4 nitrogen and oxygen atoms in total. The third kappa shape index (κ3) is 2.48. The van der Waals surface area contributed by atoms with Crippen LogP contribution in [-0.4, -0.2) is 12.9 Å². The van der Waals surface area contributed by atoms with Gasteiger partial charge in [-0.15, -0.1) is 0 Å². The highest BCUT2D eigenvalue weighted by Gasteiger charge is 2.14.